The first-order valence-corrected chi connectivity index (χ1v) is 10.2. The maximum atomic E-state index is 13.3. The summed E-state index contributed by atoms with van der Waals surface area (Å²) in [5, 5.41) is 1.67. The van der Waals surface area contributed by atoms with E-state index in [1.807, 2.05) is 27.9 Å². The predicted octanol–water partition coefficient (Wildman–Crippen LogP) is 4.62. The van der Waals surface area contributed by atoms with Crippen LogP contribution in [0.2, 0.25) is 0 Å². The molecule has 27 heavy (non-hydrogen) atoms. The Labute approximate surface area is 174 Å². The number of hydrogen-bond donors (Lipinski definition) is 0. The topological polar surface area (TPSA) is 49.3 Å². The molecule has 0 fully saturated rings. The lowest BCUT2D eigenvalue weighted by atomic mass is 10.1. The van der Waals surface area contributed by atoms with Crippen molar-refractivity contribution in [2.24, 2.45) is 0 Å². The van der Waals surface area contributed by atoms with Crippen molar-refractivity contribution in [3.8, 4) is 0 Å². The first kappa shape index (κ1) is 21.8. The molecule has 0 aliphatic carbocycles. The number of carbonyl (C=O) groups is 1. The Hall–Kier alpha value is -1.54. The Bertz CT molecular complexity index is 964. The summed E-state index contributed by atoms with van der Waals surface area (Å²) in [6, 6.07) is 4.21. The molecular formula is C19H25ClN4OS2. The van der Waals surface area contributed by atoms with Crippen molar-refractivity contribution < 1.29 is 4.79 Å². The number of aromatic nitrogens is 2. The molecule has 3 rings (SSSR count). The molecule has 8 heteroatoms. The van der Waals surface area contributed by atoms with E-state index in [-0.39, 0.29) is 18.3 Å². The maximum Gasteiger partial charge on any atom is 0.272 e. The summed E-state index contributed by atoms with van der Waals surface area (Å²) in [6.45, 7) is 9.38. The van der Waals surface area contributed by atoms with Gasteiger partial charge in [-0.1, -0.05) is 17.4 Å². The van der Waals surface area contributed by atoms with E-state index in [0.29, 0.717) is 11.4 Å². The molecule has 0 bridgehead atoms. The Balaban J connectivity index is 0.00000261. The molecule has 0 spiro atoms. The normalized spacial score (nSPS) is 11.1. The summed E-state index contributed by atoms with van der Waals surface area (Å²) in [4.78, 5) is 27.1. The van der Waals surface area contributed by atoms with Gasteiger partial charge in [0.1, 0.15) is 4.88 Å². The van der Waals surface area contributed by atoms with Crippen molar-refractivity contribution in [2.75, 3.05) is 32.1 Å². The van der Waals surface area contributed by atoms with Gasteiger partial charge in [0, 0.05) is 13.1 Å². The second-order valence-corrected chi connectivity index (χ2v) is 8.97. The maximum absolute atomic E-state index is 13.3. The standard InChI is InChI=1S/C19H24N4OS2.ClH/c1-11-7-8-15-16(12(11)2)21-19(26-15)23(10-9-22(5)6)18(24)17-13(3)20-14(4)25-17;/h7-8H,9-10H2,1-6H3;1H. The van der Waals surface area contributed by atoms with Gasteiger partial charge in [-0.3, -0.25) is 9.69 Å². The number of likely N-dealkylation sites (N-methyl/N-ethyl adjacent to an activating group) is 1. The highest BCUT2D eigenvalue weighted by atomic mass is 35.5. The molecule has 0 aliphatic heterocycles. The number of nitrogens with zero attached hydrogens (tertiary/aromatic N) is 4. The molecule has 0 N–H and O–H groups in total. The number of halogens is 1. The fourth-order valence-corrected chi connectivity index (χ4v) is 4.68. The van der Waals surface area contributed by atoms with Crippen molar-refractivity contribution in [1.82, 2.24) is 14.9 Å². The average Bonchev–Trinajstić information content (AvgIpc) is 3.14. The lowest BCUT2D eigenvalue weighted by molar-refractivity contribution is 0.0988. The number of benzene rings is 1. The zero-order chi connectivity index (χ0) is 19.0. The minimum absolute atomic E-state index is 0. The van der Waals surface area contributed by atoms with Gasteiger partial charge < -0.3 is 4.90 Å². The van der Waals surface area contributed by atoms with Crippen LogP contribution in [0, 0.1) is 27.7 Å². The predicted molar refractivity (Wildman–Crippen MR) is 118 cm³/mol. The zero-order valence-electron chi connectivity index (χ0n) is 16.5. The van der Waals surface area contributed by atoms with Crippen molar-refractivity contribution in [3.63, 3.8) is 0 Å². The third-order valence-electron chi connectivity index (χ3n) is 4.42. The van der Waals surface area contributed by atoms with E-state index in [1.54, 1.807) is 16.2 Å². The molecule has 2 aromatic heterocycles. The smallest absolute Gasteiger partial charge is 0.272 e. The van der Waals surface area contributed by atoms with Gasteiger partial charge in [-0.15, -0.1) is 23.7 Å². The SMILES string of the molecule is Cc1nc(C)c(C(=O)N(CCN(C)C)c2nc3c(C)c(C)ccc3s2)s1.Cl. The molecule has 0 unspecified atom stereocenters. The van der Waals surface area contributed by atoms with Crippen molar-refractivity contribution >= 4 is 56.3 Å². The van der Waals surface area contributed by atoms with Crippen LogP contribution in [-0.4, -0.2) is 48.0 Å². The van der Waals surface area contributed by atoms with E-state index >= 15 is 0 Å². The van der Waals surface area contributed by atoms with Crippen LogP contribution in [0.5, 0.6) is 0 Å². The minimum atomic E-state index is -0.0108. The van der Waals surface area contributed by atoms with E-state index in [0.717, 1.165) is 32.6 Å². The third kappa shape index (κ3) is 4.48. The van der Waals surface area contributed by atoms with Crippen molar-refractivity contribution in [2.45, 2.75) is 27.7 Å². The average molecular weight is 425 g/mol. The second-order valence-electron chi connectivity index (χ2n) is 6.76. The number of aryl methyl sites for hydroxylation is 4. The molecule has 0 radical (unpaired) electrons. The summed E-state index contributed by atoms with van der Waals surface area (Å²) in [7, 11) is 4.02. The minimum Gasteiger partial charge on any atom is -0.308 e. The van der Waals surface area contributed by atoms with Gasteiger partial charge in [0.15, 0.2) is 5.13 Å². The van der Waals surface area contributed by atoms with Crippen LogP contribution in [0.1, 0.15) is 31.5 Å². The molecule has 5 nitrogen and oxygen atoms in total. The molecule has 3 aromatic rings. The van der Waals surface area contributed by atoms with Gasteiger partial charge >= 0.3 is 0 Å². The van der Waals surface area contributed by atoms with Crippen molar-refractivity contribution in [3.05, 3.63) is 38.8 Å². The molecule has 0 atom stereocenters. The van der Waals surface area contributed by atoms with Crippen LogP contribution < -0.4 is 4.90 Å². The number of hydrogen-bond acceptors (Lipinski definition) is 6. The molecule has 1 aromatic carbocycles. The van der Waals surface area contributed by atoms with Gasteiger partial charge in [0.2, 0.25) is 0 Å². The zero-order valence-corrected chi connectivity index (χ0v) is 18.9. The van der Waals surface area contributed by atoms with E-state index in [2.05, 4.69) is 35.9 Å². The molecule has 0 aliphatic rings. The van der Waals surface area contributed by atoms with E-state index in [9.17, 15) is 4.79 Å². The first-order valence-electron chi connectivity index (χ1n) is 8.55. The molecule has 1 amide bonds. The van der Waals surface area contributed by atoms with Crippen LogP contribution in [0.3, 0.4) is 0 Å². The molecule has 0 saturated carbocycles. The Morgan fingerprint density at radius 2 is 1.74 bits per heavy atom. The van der Waals surface area contributed by atoms with Crippen LogP contribution in [0.4, 0.5) is 5.13 Å². The second kappa shape index (κ2) is 8.65. The highest BCUT2D eigenvalue weighted by Crippen LogP contribution is 2.33. The van der Waals surface area contributed by atoms with Crippen LogP contribution >= 0.6 is 35.1 Å². The van der Waals surface area contributed by atoms with Crippen molar-refractivity contribution in [1.29, 1.82) is 0 Å². The lowest BCUT2D eigenvalue weighted by Crippen LogP contribution is -2.36. The summed E-state index contributed by atoms with van der Waals surface area (Å²) in [6.07, 6.45) is 0. The number of amides is 1. The molecular weight excluding hydrogens is 400 g/mol. The summed E-state index contributed by atoms with van der Waals surface area (Å²) >= 11 is 3.03. The van der Waals surface area contributed by atoms with Crippen LogP contribution in [-0.2, 0) is 0 Å². The number of rotatable bonds is 5. The van der Waals surface area contributed by atoms with Gasteiger partial charge in [-0.25, -0.2) is 9.97 Å². The molecule has 0 saturated heterocycles. The first-order chi connectivity index (χ1) is 12.3. The number of carbonyl (C=O) groups excluding carboxylic acids is 1. The monoisotopic (exact) mass is 424 g/mol. The van der Waals surface area contributed by atoms with E-state index in [1.165, 1.54) is 22.5 Å². The Kier molecular flexibility index (Phi) is 6.97. The van der Waals surface area contributed by atoms with E-state index < -0.39 is 0 Å². The molecule has 146 valence electrons. The number of fused-ring (bicyclic) bond motifs is 1. The number of anilines is 1. The van der Waals surface area contributed by atoms with Gasteiger partial charge in [-0.05, 0) is 59.0 Å². The number of thiazole rings is 2. The Morgan fingerprint density at radius 1 is 1.04 bits per heavy atom. The highest BCUT2D eigenvalue weighted by molar-refractivity contribution is 7.22. The quantitative estimate of drug-likeness (QED) is 0.599. The third-order valence-corrected chi connectivity index (χ3v) is 6.52. The van der Waals surface area contributed by atoms with Gasteiger partial charge in [0.05, 0.1) is 20.9 Å². The van der Waals surface area contributed by atoms with E-state index in [4.69, 9.17) is 4.98 Å². The fraction of sp³-hybridized carbons (Fsp3) is 0.421. The van der Waals surface area contributed by atoms with Crippen LogP contribution in [0.15, 0.2) is 12.1 Å². The lowest BCUT2D eigenvalue weighted by Gasteiger charge is -2.21. The fourth-order valence-electron chi connectivity index (χ4n) is 2.77. The highest BCUT2D eigenvalue weighted by Gasteiger charge is 2.25. The summed E-state index contributed by atoms with van der Waals surface area (Å²) in [5.41, 5.74) is 4.18. The molecule has 2 heterocycles. The van der Waals surface area contributed by atoms with Crippen LogP contribution in [0.25, 0.3) is 10.2 Å². The summed E-state index contributed by atoms with van der Waals surface area (Å²) in [5.74, 6) is -0.0108. The van der Waals surface area contributed by atoms with Gasteiger partial charge in [-0.2, -0.15) is 0 Å². The van der Waals surface area contributed by atoms with Gasteiger partial charge in [0.25, 0.3) is 5.91 Å². The largest absolute Gasteiger partial charge is 0.308 e. The Morgan fingerprint density at radius 3 is 2.33 bits per heavy atom. The summed E-state index contributed by atoms with van der Waals surface area (Å²) < 4.78 is 1.11.